The van der Waals surface area contributed by atoms with Crippen LogP contribution in [0.5, 0.6) is 5.75 Å². The monoisotopic (exact) mass is 500 g/mol. The van der Waals surface area contributed by atoms with Crippen LogP contribution in [0.3, 0.4) is 0 Å². The molecule has 0 bridgehead atoms. The van der Waals surface area contributed by atoms with Crippen LogP contribution in [-0.2, 0) is 4.79 Å². The molecular formula is C22H21BrN4O3S. The van der Waals surface area contributed by atoms with Gasteiger partial charge < -0.3 is 4.74 Å². The van der Waals surface area contributed by atoms with Crippen molar-refractivity contribution in [3.05, 3.63) is 63.1 Å². The molecule has 0 saturated heterocycles. The zero-order valence-corrected chi connectivity index (χ0v) is 19.5. The van der Waals surface area contributed by atoms with Gasteiger partial charge in [0.05, 0.1) is 12.5 Å². The Bertz CT molecular complexity index is 1180. The second kappa shape index (κ2) is 9.23. The third-order valence-electron chi connectivity index (χ3n) is 4.92. The number of ketones is 1. The van der Waals surface area contributed by atoms with Crippen LogP contribution in [0.25, 0.3) is 5.70 Å². The van der Waals surface area contributed by atoms with Crippen molar-refractivity contribution in [2.24, 2.45) is 10.1 Å². The van der Waals surface area contributed by atoms with Gasteiger partial charge in [0.1, 0.15) is 11.4 Å². The van der Waals surface area contributed by atoms with Gasteiger partial charge >= 0.3 is 0 Å². The van der Waals surface area contributed by atoms with E-state index in [9.17, 15) is 9.59 Å². The highest BCUT2D eigenvalue weighted by Crippen LogP contribution is 2.24. The highest BCUT2D eigenvalue weighted by Gasteiger charge is 2.37. The van der Waals surface area contributed by atoms with E-state index in [2.05, 4.69) is 38.3 Å². The van der Waals surface area contributed by atoms with Crippen molar-refractivity contribution in [2.45, 2.75) is 25.9 Å². The van der Waals surface area contributed by atoms with Crippen molar-refractivity contribution < 1.29 is 14.3 Å². The summed E-state index contributed by atoms with van der Waals surface area (Å²) in [5, 5.41) is 10.6. The predicted octanol–water partition coefficient (Wildman–Crippen LogP) is 2.64. The van der Waals surface area contributed by atoms with E-state index in [1.165, 1.54) is 16.8 Å². The molecule has 0 radical (unpaired) electrons. The summed E-state index contributed by atoms with van der Waals surface area (Å²) in [6.45, 7) is 2.11. The SMILES string of the molecule is CCCCSC1=NN2C(=c3cc(Br)ccc3=N[C@@H]2C(=O)c2ccc(OC)cc2)C(=O)N1. The zero-order valence-electron chi connectivity index (χ0n) is 17.1. The maximum Gasteiger partial charge on any atom is 0.276 e. The summed E-state index contributed by atoms with van der Waals surface area (Å²) in [6.07, 6.45) is 1.08. The van der Waals surface area contributed by atoms with Crippen LogP contribution < -0.4 is 20.6 Å². The molecule has 7 nitrogen and oxygen atoms in total. The van der Waals surface area contributed by atoms with Gasteiger partial charge in [-0.25, -0.2) is 10.0 Å². The molecule has 0 aliphatic carbocycles. The summed E-state index contributed by atoms with van der Waals surface area (Å²) in [6, 6.07) is 12.3. The van der Waals surface area contributed by atoms with Crippen molar-refractivity contribution in [1.29, 1.82) is 0 Å². The van der Waals surface area contributed by atoms with E-state index >= 15 is 0 Å². The van der Waals surface area contributed by atoms with Gasteiger partial charge in [0, 0.05) is 21.0 Å². The fourth-order valence-electron chi connectivity index (χ4n) is 3.31. The lowest BCUT2D eigenvalue weighted by Gasteiger charge is -2.33. The number of fused-ring (bicyclic) bond motifs is 2. The lowest BCUT2D eigenvalue weighted by Crippen LogP contribution is -2.54. The molecule has 1 amide bonds. The van der Waals surface area contributed by atoms with E-state index in [0.29, 0.717) is 32.8 Å². The highest BCUT2D eigenvalue weighted by atomic mass is 79.9. The normalized spacial score (nSPS) is 17.2. The van der Waals surface area contributed by atoms with Crippen LogP contribution in [0.2, 0.25) is 0 Å². The fraction of sp³-hybridized carbons (Fsp3) is 0.273. The van der Waals surface area contributed by atoms with Gasteiger partial charge in [-0.3, -0.25) is 14.9 Å². The molecule has 160 valence electrons. The van der Waals surface area contributed by atoms with Gasteiger partial charge in [-0.2, -0.15) is 0 Å². The Labute approximate surface area is 192 Å². The van der Waals surface area contributed by atoms with E-state index in [1.54, 1.807) is 37.4 Å². The third-order valence-corrected chi connectivity index (χ3v) is 6.36. The lowest BCUT2D eigenvalue weighted by molar-refractivity contribution is -0.115. The fourth-order valence-corrected chi connectivity index (χ4v) is 4.60. The Hall–Kier alpha value is -2.65. The Morgan fingerprint density at radius 2 is 2.03 bits per heavy atom. The number of carbonyl (C=O) groups is 2. The minimum absolute atomic E-state index is 0.245. The average molecular weight is 501 g/mol. The smallest absolute Gasteiger partial charge is 0.276 e. The molecule has 9 heteroatoms. The van der Waals surface area contributed by atoms with Gasteiger partial charge in [-0.1, -0.05) is 41.0 Å². The summed E-state index contributed by atoms with van der Waals surface area (Å²) >= 11 is 4.92. The minimum atomic E-state index is -0.968. The molecule has 2 heterocycles. The number of hydrogen-bond donors (Lipinski definition) is 1. The van der Waals surface area contributed by atoms with Crippen molar-refractivity contribution >= 4 is 50.2 Å². The first-order valence-electron chi connectivity index (χ1n) is 9.89. The van der Waals surface area contributed by atoms with E-state index in [0.717, 1.165) is 23.1 Å². The average Bonchev–Trinajstić information content (AvgIpc) is 2.78. The molecule has 4 rings (SSSR count). The van der Waals surface area contributed by atoms with Crippen LogP contribution in [0.1, 0.15) is 30.1 Å². The topological polar surface area (TPSA) is 83.4 Å². The Kier molecular flexibility index (Phi) is 6.43. The second-order valence-corrected chi connectivity index (χ2v) is 9.01. The van der Waals surface area contributed by atoms with E-state index in [1.807, 2.05) is 12.1 Å². The first kappa shape index (κ1) is 21.6. The van der Waals surface area contributed by atoms with E-state index in [-0.39, 0.29) is 11.7 Å². The molecule has 2 aromatic rings. The molecule has 2 aromatic carbocycles. The number of benzene rings is 2. The van der Waals surface area contributed by atoms with Gasteiger partial charge in [-0.05, 0) is 48.9 Å². The molecule has 2 aliphatic rings. The summed E-state index contributed by atoms with van der Waals surface area (Å²) in [5.74, 6) is 0.945. The summed E-state index contributed by atoms with van der Waals surface area (Å²) in [5.41, 5.74) is 0.786. The molecule has 31 heavy (non-hydrogen) atoms. The van der Waals surface area contributed by atoms with Gasteiger partial charge in [0.2, 0.25) is 11.9 Å². The number of ether oxygens (including phenoxy) is 1. The van der Waals surface area contributed by atoms with E-state index in [4.69, 9.17) is 4.74 Å². The predicted molar refractivity (Wildman–Crippen MR) is 124 cm³/mol. The largest absolute Gasteiger partial charge is 0.497 e. The molecular weight excluding hydrogens is 480 g/mol. The number of amidine groups is 1. The van der Waals surface area contributed by atoms with Crippen molar-refractivity contribution in [3.63, 3.8) is 0 Å². The molecule has 2 aliphatic heterocycles. The molecule has 0 spiro atoms. The Balaban J connectivity index is 1.80. The number of unbranched alkanes of at least 4 members (excludes halogenated alkanes) is 1. The van der Waals surface area contributed by atoms with Crippen molar-refractivity contribution in [3.8, 4) is 5.75 Å². The van der Waals surface area contributed by atoms with E-state index < -0.39 is 6.17 Å². The molecule has 0 unspecified atom stereocenters. The van der Waals surface area contributed by atoms with Gasteiger partial charge in [0.25, 0.3) is 5.91 Å². The standard InChI is InChI=1S/C22H21BrN4O3S/c1-3-4-11-31-22-25-21(29)18-16-12-14(23)7-10-17(16)24-20(27(18)26-22)19(28)13-5-8-15(30-2)9-6-13/h5-10,12,20H,3-4,11H2,1-2H3,(H,25,26,29)/t20-/m0/s1. The quantitative estimate of drug-likeness (QED) is 0.486. The summed E-state index contributed by atoms with van der Waals surface area (Å²) in [7, 11) is 1.57. The third kappa shape index (κ3) is 4.38. The number of methoxy groups -OCH3 is 1. The number of thioether (sulfide) groups is 1. The van der Waals surface area contributed by atoms with Crippen molar-refractivity contribution in [1.82, 2.24) is 10.3 Å². The maximum atomic E-state index is 13.4. The number of amides is 1. The maximum absolute atomic E-state index is 13.4. The number of hydrogen-bond acceptors (Lipinski definition) is 7. The zero-order chi connectivity index (χ0) is 22.0. The number of halogens is 1. The van der Waals surface area contributed by atoms with Crippen LogP contribution in [-0.4, -0.2) is 40.9 Å². The summed E-state index contributed by atoms with van der Waals surface area (Å²) in [4.78, 5) is 31.1. The Morgan fingerprint density at radius 1 is 1.26 bits per heavy atom. The molecule has 0 fully saturated rings. The first-order chi connectivity index (χ1) is 15.0. The number of nitrogens with one attached hydrogen (secondary N) is 1. The first-order valence-corrected chi connectivity index (χ1v) is 11.7. The van der Waals surface area contributed by atoms with Crippen LogP contribution in [0.4, 0.5) is 0 Å². The molecule has 0 aromatic heterocycles. The number of nitrogens with zero attached hydrogens (tertiary/aromatic N) is 3. The second-order valence-electron chi connectivity index (χ2n) is 7.01. The van der Waals surface area contributed by atoms with Crippen LogP contribution >= 0.6 is 27.7 Å². The van der Waals surface area contributed by atoms with Gasteiger partial charge in [0.15, 0.2) is 5.17 Å². The number of rotatable bonds is 6. The number of Topliss-reactive ketones (excluding diaryl/α,β-unsaturated/α-hetero) is 1. The Morgan fingerprint density at radius 3 is 2.74 bits per heavy atom. The molecule has 1 atom stereocenters. The van der Waals surface area contributed by atoms with Crippen LogP contribution in [0.15, 0.2) is 57.0 Å². The summed E-state index contributed by atoms with van der Waals surface area (Å²) < 4.78 is 6.00. The van der Waals surface area contributed by atoms with Gasteiger partial charge in [-0.15, -0.1) is 5.10 Å². The number of hydrazone groups is 1. The lowest BCUT2D eigenvalue weighted by atomic mass is 10.1. The highest BCUT2D eigenvalue weighted by molar-refractivity contribution is 9.10. The van der Waals surface area contributed by atoms with Crippen molar-refractivity contribution in [2.75, 3.05) is 12.9 Å². The van der Waals surface area contributed by atoms with Crippen LogP contribution in [0, 0.1) is 0 Å². The molecule has 0 saturated carbocycles. The molecule has 1 N–H and O–H groups in total. The minimum Gasteiger partial charge on any atom is -0.497 e. The number of carbonyl (C=O) groups excluding carboxylic acids is 2.